The van der Waals surface area contributed by atoms with E-state index in [2.05, 4.69) is 55.1 Å². The maximum absolute atomic E-state index is 10.3. The van der Waals surface area contributed by atoms with E-state index >= 15 is 0 Å². The Labute approximate surface area is 165 Å². The summed E-state index contributed by atoms with van der Waals surface area (Å²) in [7, 11) is 0. The smallest absolute Gasteiger partial charge is 0.221 e. The van der Waals surface area contributed by atoms with Gasteiger partial charge in [0, 0.05) is 19.7 Å². The van der Waals surface area contributed by atoms with Crippen molar-refractivity contribution in [3.8, 4) is 28.3 Å². The lowest BCUT2D eigenvalue weighted by Crippen LogP contribution is -1.99. The van der Waals surface area contributed by atoms with Crippen molar-refractivity contribution in [2.75, 3.05) is 5.73 Å². The molecule has 2 aromatic carbocycles. The van der Waals surface area contributed by atoms with Gasteiger partial charge in [-0.1, -0.05) is 23.7 Å². The van der Waals surface area contributed by atoms with Crippen molar-refractivity contribution >= 4 is 62.7 Å². The second-order valence-electron chi connectivity index (χ2n) is 4.79. The molecular formula is C16H10ClI2N3O. The van der Waals surface area contributed by atoms with Gasteiger partial charge in [-0.25, -0.2) is 9.97 Å². The first-order chi connectivity index (χ1) is 10.9. The number of phenols is 1. The van der Waals surface area contributed by atoms with Crippen LogP contribution in [0.15, 0.2) is 42.5 Å². The second-order valence-corrected chi connectivity index (χ2v) is 7.63. The predicted molar refractivity (Wildman–Crippen MR) is 109 cm³/mol. The first-order valence-electron chi connectivity index (χ1n) is 6.53. The first-order valence-corrected chi connectivity index (χ1v) is 9.06. The summed E-state index contributed by atoms with van der Waals surface area (Å²) < 4.78 is 1.76. The number of aromatic hydroxyl groups is 1. The van der Waals surface area contributed by atoms with Gasteiger partial charge in [-0.05, 0) is 75.5 Å². The molecule has 0 aliphatic carbocycles. The van der Waals surface area contributed by atoms with Gasteiger partial charge < -0.3 is 10.8 Å². The maximum atomic E-state index is 10.3. The van der Waals surface area contributed by atoms with E-state index in [-0.39, 0.29) is 11.7 Å². The molecule has 0 saturated heterocycles. The fourth-order valence-electron chi connectivity index (χ4n) is 2.13. The molecule has 0 saturated carbocycles. The van der Waals surface area contributed by atoms with Gasteiger partial charge in [0.25, 0.3) is 0 Å². The van der Waals surface area contributed by atoms with Crippen molar-refractivity contribution in [2.45, 2.75) is 0 Å². The summed E-state index contributed by atoms with van der Waals surface area (Å²) in [6, 6.07) is 12.9. The highest BCUT2D eigenvalue weighted by Crippen LogP contribution is 2.35. The fraction of sp³-hybridized carbons (Fsp3) is 0. The molecule has 0 unspecified atom stereocenters. The van der Waals surface area contributed by atoms with Gasteiger partial charge in [0.05, 0.1) is 15.0 Å². The number of benzene rings is 2. The van der Waals surface area contributed by atoms with Crippen molar-refractivity contribution < 1.29 is 5.11 Å². The predicted octanol–water partition coefficient (Wildman–Crippen LogP) is 4.96. The van der Waals surface area contributed by atoms with E-state index < -0.39 is 0 Å². The summed E-state index contributed by atoms with van der Waals surface area (Å²) in [5, 5.41) is 11.0. The summed E-state index contributed by atoms with van der Waals surface area (Å²) in [6.45, 7) is 0. The quantitative estimate of drug-likeness (QED) is 0.444. The number of hydrogen-bond acceptors (Lipinski definition) is 4. The molecular weight excluding hydrogens is 539 g/mol. The number of rotatable bonds is 2. The molecule has 3 N–H and O–H groups in total. The summed E-state index contributed by atoms with van der Waals surface area (Å²) >= 11 is 10.2. The van der Waals surface area contributed by atoms with E-state index in [0.29, 0.717) is 22.0 Å². The first kappa shape index (κ1) is 16.7. The zero-order valence-corrected chi connectivity index (χ0v) is 16.7. The number of nitrogens with two attached hydrogens (primary N) is 1. The van der Waals surface area contributed by atoms with Crippen LogP contribution in [0, 0.1) is 7.14 Å². The second kappa shape index (κ2) is 6.78. The van der Waals surface area contributed by atoms with Gasteiger partial charge in [0.15, 0.2) is 0 Å². The molecule has 23 heavy (non-hydrogen) atoms. The molecule has 0 radical (unpaired) electrons. The van der Waals surface area contributed by atoms with Crippen LogP contribution >= 0.6 is 56.8 Å². The Morgan fingerprint density at radius 3 is 2.30 bits per heavy atom. The van der Waals surface area contributed by atoms with E-state index in [1.54, 1.807) is 18.2 Å². The van der Waals surface area contributed by atoms with Crippen LogP contribution in [0.1, 0.15) is 0 Å². The number of anilines is 1. The average molecular weight is 550 g/mol. The molecule has 0 aliphatic heterocycles. The Kier molecular flexibility index (Phi) is 4.93. The number of nitrogen functional groups attached to an aromatic ring is 1. The number of phenolic OH excluding ortho intramolecular Hbond substituents is 1. The summed E-state index contributed by atoms with van der Waals surface area (Å²) in [4.78, 5) is 8.54. The van der Waals surface area contributed by atoms with E-state index in [1.807, 2.05) is 24.3 Å². The molecule has 0 aliphatic rings. The van der Waals surface area contributed by atoms with Gasteiger partial charge in [-0.2, -0.15) is 0 Å². The SMILES string of the molecule is Nc1nc(-c2ccc(Cl)cc2)cc(-c2cc(I)cc(I)c2O)n1. The molecule has 1 heterocycles. The van der Waals surface area contributed by atoms with Crippen molar-refractivity contribution in [1.82, 2.24) is 9.97 Å². The average Bonchev–Trinajstić information content (AvgIpc) is 2.51. The van der Waals surface area contributed by atoms with Crippen LogP contribution < -0.4 is 5.73 Å². The molecule has 0 bridgehead atoms. The number of halogens is 3. The molecule has 3 aromatic rings. The molecule has 0 spiro atoms. The van der Waals surface area contributed by atoms with Gasteiger partial charge in [-0.15, -0.1) is 0 Å². The van der Waals surface area contributed by atoms with Gasteiger partial charge >= 0.3 is 0 Å². The molecule has 0 amide bonds. The largest absolute Gasteiger partial charge is 0.506 e. The number of aromatic nitrogens is 2. The third-order valence-corrected chi connectivity index (χ3v) is 4.88. The van der Waals surface area contributed by atoms with E-state index in [1.165, 1.54) is 0 Å². The highest BCUT2D eigenvalue weighted by atomic mass is 127. The van der Waals surface area contributed by atoms with Crippen molar-refractivity contribution in [1.29, 1.82) is 0 Å². The van der Waals surface area contributed by atoms with Crippen LogP contribution in [0.25, 0.3) is 22.5 Å². The minimum absolute atomic E-state index is 0.153. The van der Waals surface area contributed by atoms with Crippen LogP contribution in [0.3, 0.4) is 0 Å². The zero-order valence-electron chi connectivity index (χ0n) is 11.6. The van der Waals surface area contributed by atoms with Crippen molar-refractivity contribution in [2.24, 2.45) is 0 Å². The molecule has 4 nitrogen and oxygen atoms in total. The molecule has 116 valence electrons. The molecule has 1 aromatic heterocycles. The van der Waals surface area contributed by atoms with Crippen LogP contribution in [0.2, 0.25) is 5.02 Å². The lowest BCUT2D eigenvalue weighted by Gasteiger charge is -2.10. The van der Waals surface area contributed by atoms with E-state index in [0.717, 1.165) is 12.7 Å². The number of hydrogen-bond donors (Lipinski definition) is 2. The Morgan fingerprint density at radius 1 is 0.957 bits per heavy atom. The van der Waals surface area contributed by atoms with Crippen LogP contribution in [0.5, 0.6) is 5.75 Å². The van der Waals surface area contributed by atoms with E-state index in [4.69, 9.17) is 17.3 Å². The molecule has 0 atom stereocenters. The van der Waals surface area contributed by atoms with Crippen LogP contribution in [-0.2, 0) is 0 Å². The third kappa shape index (κ3) is 3.69. The molecule has 7 heteroatoms. The summed E-state index contributed by atoms with van der Waals surface area (Å²) in [6.07, 6.45) is 0. The Morgan fingerprint density at radius 2 is 1.61 bits per heavy atom. The van der Waals surface area contributed by atoms with Gasteiger partial charge in [-0.3, -0.25) is 0 Å². The van der Waals surface area contributed by atoms with Crippen molar-refractivity contribution in [3.63, 3.8) is 0 Å². The molecule has 0 fully saturated rings. The highest BCUT2D eigenvalue weighted by Gasteiger charge is 2.13. The van der Waals surface area contributed by atoms with Gasteiger partial charge in [0.2, 0.25) is 5.95 Å². The van der Waals surface area contributed by atoms with Crippen LogP contribution in [-0.4, -0.2) is 15.1 Å². The Hall–Kier alpha value is -1.13. The molecule has 3 rings (SSSR count). The minimum Gasteiger partial charge on any atom is -0.506 e. The minimum atomic E-state index is 0.153. The topological polar surface area (TPSA) is 72.0 Å². The lowest BCUT2D eigenvalue weighted by atomic mass is 10.1. The standard InChI is InChI=1S/C16H10ClI2N3O/c17-9-3-1-8(2-4-9)13-7-14(22-16(20)21-13)11-5-10(18)6-12(19)15(11)23/h1-7,23H,(H2,20,21,22). The lowest BCUT2D eigenvalue weighted by molar-refractivity contribution is 0.473. The monoisotopic (exact) mass is 549 g/mol. The van der Waals surface area contributed by atoms with Crippen LogP contribution in [0.4, 0.5) is 5.95 Å². The summed E-state index contributed by atoms with van der Waals surface area (Å²) in [5.41, 5.74) is 8.62. The Balaban J connectivity index is 2.17. The van der Waals surface area contributed by atoms with Crippen molar-refractivity contribution in [3.05, 3.63) is 54.6 Å². The third-order valence-electron chi connectivity index (χ3n) is 3.19. The Bertz CT molecular complexity index is 885. The summed E-state index contributed by atoms with van der Waals surface area (Å²) in [5.74, 6) is 0.340. The zero-order chi connectivity index (χ0) is 16.6. The number of nitrogens with zero attached hydrogens (tertiary/aromatic N) is 2. The normalized spacial score (nSPS) is 10.7. The highest BCUT2D eigenvalue weighted by molar-refractivity contribution is 14.1. The maximum Gasteiger partial charge on any atom is 0.221 e. The van der Waals surface area contributed by atoms with E-state index in [9.17, 15) is 5.11 Å². The fourth-order valence-corrected chi connectivity index (χ4v) is 4.10. The van der Waals surface area contributed by atoms with Gasteiger partial charge in [0.1, 0.15) is 5.75 Å².